The molecule has 8 heteroatoms. The Morgan fingerprint density at radius 1 is 1.45 bits per heavy atom. The molecular weight excluding hydrogens is 304 g/mol. The molecule has 0 spiro atoms. The minimum absolute atomic E-state index is 0.0448. The second-order valence-electron chi connectivity index (χ2n) is 5.03. The molecule has 1 fully saturated rings. The zero-order chi connectivity index (χ0) is 15.4. The van der Waals surface area contributed by atoms with Gasteiger partial charge in [-0.1, -0.05) is 11.3 Å². The van der Waals surface area contributed by atoms with Gasteiger partial charge in [-0.05, 0) is 23.8 Å². The fourth-order valence-corrected chi connectivity index (χ4v) is 3.70. The first-order valence-corrected chi connectivity index (χ1v) is 7.44. The zero-order valence-corrected chi connectivity index (χ0v) is 12.2. The summed E-state index contributed by atoms with van der Waals surface area (Å²) in [5.74, 6) is -1.34. The number of nitrogens with zero attached hydrogens (tertiary/aromatic N) is 4. The maximum absolute atomic E-state index is 12.2. The molecule has 2 aliphatic rings. The van der Waals surface area contributed by atoms with Crippen LogP contribution in [0.2, 0.25) is 0 Å². The number of aromatic nitrogens is 3. The monoisotopic (exact) mass is 314 g/mol. The Morgan fingerprint density at radius 2 is 2.27 bits per heavy atom. The minimum Gasteiger partial charge on any atom is -0.477 e. The number of carbonyl (C=O) groups excluding carboxylic acids is 1. The van der Waals surface area contributed by atoms with E-state index in [1.807, 2.05) is 18.2 Å². The number of fused-ring (bicyclic) bond motifs is 2. The van der Waals surface area contributed by atoms with E-state index in [9.17, 15) is 9.59 Å². The van der Waals surface area contributed by atoms with Crippen molar-refractivity contribution in [2.24, 2.45) is 7.05 Å². The van der Waals surface area contributed by atoms with E-state index in [1.54, 1.807) is 17.8 Å². The van der Waals surface area contributed by atoms with Crippen LogP contribution in [0.4, 0.5) is 0 Å². The molecule has 1 aromatic heterocycles. The van der Waals surface area contributed by atoms with E-state index in [-0.39, 0.29) is 17.0 Å². The minimum atomic E-state index is -1.08. The Hall–Kier alpha value is -2.61. The number of hydrogen-bond acceptors (Lipinski definition) is 5. The van der Waals surface area contributed by atoms with Gasteiger partial charge in [0.1, 0.15) is 16.6 Å². The van der Waals surface area contributed by atoms with Crippen molar-refractivity contribution >= 4 is 40.7 Å². The van der Waals surface area contributed by atoms with Gasteiger partial charge in [0.25, 0.3) is 5.91 Å². The van der Waals surface area contributed by atoms with Gasteiger partial charge in [0, 0.05) is 12.5 Å². The van der Waals surface area contributed by atoms with Crippen LogP contribution in [0.3, 0.4) is 0 Å². The molecule has 4 rings (SSSR count). The fourth-order valence-electron chi connectivity index (χ4n) is 2.58. The molecule has 0 radical (unpaired) electrons. The van der Waals surface area contributed by atoms with Crippen LogP contribution < -0.4 is 0 Å². The first kappa shape index (κ1) is 13.1. The molecule has 1 atom stereocenters. The summed E-state index contributed by atoms with van der Waals surface area (Å²) >= 11 is 1.33. The lowest BCUT2D eigenvalue weighted by Crippen LogP contribution is -2.51. The maximum Gasteiger partial charge on any atom is 0.353 e. The van der Waals surface area contributed by atoms with Crippen LogP contribution in [0.1, 0.15) is 5.56 Å². The number of thioether (sulfide) groups is 1. The Morgan fingerprint density at radius 3 is 3.05 bits per heavy atom. The summed E-state index contributed by atoms with van der Waals surface area (Å²) in [6, 6.07) is 5.62. The molecule has 1 saturated heterocycles. The van der Waals surface area contributed by atoms with E-state index in [2.05, 4.69) is 10.3 Å². The second-order valence-corrected chi connectivity index (χ2v) is 5.99. The van der Waals surface area contributed by atoms with Crippen LogP contribution in [0, 0.1) is 0 Å². The highest BCUT2D eigenvalue weighted by atomic mass is 32.2. The summed E-state index contributed by atoms with van der Waals surface area (Å²) in [7, 11) is 1.80. The van der Waals surface area contributed by atoms with Gasteiger partial charge in [0.15, 0.2) is 0 Å². The van der Waals surface area contributed by atoms with Gasteiger partial charge in [-0.3, -0.25) is 9.69 Å². The summed E-state index contributed by atoms with van der Waals surface area (Å²) in [5, 5.41) is 18.3. The van der Waals surface area contributed by atoms with Gasteiger partial charge >= 0.3 is 5.97 Å². The third-order valence-electron chi connectivity index (χ3n) is 3.71. The highest BCUT2D eigenvalue weighted by molar-refractivity contribution is 8.03. The Labute approximate surface area is 128 Å². The molecular formula is C14H10N4O3S. The molecule has 2 aliphatic heterocycles. The fraction of sp³-hybridized carbons (Fsp3) is 0.143. The number of amides is 1. The van der Waals surface area contributed by atoms with Crippen LogP contribution in [-0.2, 0) is 16.6 Å². The highest BCUT2D eigenvalue weighted by Gasteiger charge is 2.49. The number of carboxylic acids is 1. The molecule has 7 nitrogen and oxygen atoms in total. The maximum atomic E-state index is 12.2. The number of benzene rings is 1. The number of carbonyl (C=O) groups is 2. The molecule has 0 bridgehead atoms. The molecule has 1 N–H and O–H groups in total. The summed E-state index contributed by atoms with van der Waals surface area (Å²) in [4.78, 5) is 24.5. The average Bonchev–Trinajstić information content (AvgIpc) is 3.07. The van der Waals surface area contributed by atoms with E-state index in [1.165, 1.54) is 22.1 Å². The van der Waals surface area contributed by atoms with Crippen LogP contribution in [0.15, 0.2) is 34.9 Å². The predicted octanol–water partition coefficient (Wildman–Crippen LogP) is 1.19. The normalized spacial score (nSPS) is 22.0. The third kappa shape index (κ3) is 1.70. The van der Waals surface area contributed by atoms with Crippen LogP contribution in [0.5, 0.6) is 0 Å². The average molecular weight is 314 g/mol. The topological polar surface area (TPSA) is 88.3 Å². The van der Waals surface area contributed by atoms with E-state index in [4.69, 9.17) is 5.11 Å². The Kier molecular flexibility index (Phi) is 2.64. The Bertz CT molecular complexity index is 899. The molecule has 0 unspecified atom stereocenters. The van der Waals surface area contributed by atoms with Crippen molar-refractivity contribution in [1.82, 2.24) is 19.9 Å². The number of hydrogen-bond donors (Lipinski definition) is 1. The summed E-state index contributed by atoms with van der Waals surface area (Å²) in [5.41, 5.74) is 3.18. The summed E-state index contributed by atoms with van der Waals surface area (Å²) in [6.07, 6.45) is 1.79. The van der Waals surface area contributed by atoms with E-state index in [0.717, 1.165) is 16.6 Å². The molecule has 3 heterocycles. The van der Waals surface area contributed by atoms with Crippen molar-refractivity contribution in [1.29, 1.82) is 0 Å². The number of aliphatic carboxylic acids is 1. The lowest BCUT2D eigenvalue weighted by atomic mass is 10.0. The summed E-state index contributed by atoms with van der Waals surface area (Å²) < 4.78 is 1.67. The lowest BCUT2D eigenvalue weighted by Gasteiger charge is -2.37. The van der Waals surface area contributed by atoms with E-state index >= 15 is 0 Å². The smallest absolute Gasteiger partial charge is 0.353 e. The quantitative estimate of drug-likeness (QED) is 0.662. The largest absolute Gasteiger partial charge is 0.477 e. The van der Waals surface area contributed by atoms with E-state index in [0.29, 0.717) is 5.57 Å². The van der Waals surface area contributed by atoms with Crippen molar-refractivity contribution in [3.05, 3.63) is 40.4 Å². The summed E-state index contributed by atoms with van der Waals surface area (Å²) in [6.45, 7) is 0. The van der Waals surface area contributed by atoms with Gasteiger partial charge < -0.3 is 5.11 Å². The predicted molar refractivity (Wildman–Crippen MR) is 80.4 cm³/mol. The van der Waals surface area contributed by atoms with Crippen molar-refractivity contribution in [3.8, 4) is 0 Å². The van der Waals surface area contributed by atoms with Crippen LogP contribution >= 0.6 is 11.8 Å². The molecule has 22 heavy (non-hydrogen) atoms. The van der Waals surface area contributed by atoms with Crippen molar-refractivity contribution in [2.45, 2.75) is 5.37 Å². The lowest BCUT2D eigenvalue weighted by molar-refractivity contribution is -0.141. The molecule has 2 aromatic rings. The number of rotatable bonds is 2. The van der Waals surface area contributed by atoms with Gasteiger partial charge in [-0.15, -0.1) is 16.9 Å². The molecule has 110 valence electrons. The third-order valence-corrected chi connectivity index (χ3v) is 4.79. The zero-order valence-electron chi connectivity index (χ0n) is 11.4. The first-order valence-electron chi connectivity index (χ1n) is 6.50. The highest BCUT2D eigenvalue weighted by Crippen LogP contribution is 2.45. The number of carboxylic acid groups (broad SMARTS) is 1. The molecule has 1 amide bonds. The van der Waals surface area contributed by atoms with Gasteiger partial charge in [0.05, 0.1) is 11.1 Å². The van der Waals surface area contributed by atoms with Crippen molar-refractivity contribution in [2.75, 3.05) is 0 Å². The standard InChI is InChI=1S/C14H10N4O3S/c1-17-10-5-7(2-3-9(10)15-16-17)4-8-12(19)18-11(14(20)21)6-22-13(8)18/h2-6,13H,1H3,(H,20,21)/t13-/m1/s1. The number of aryl methyl sites for hydroxylation is 1. The van der Waals surface area contributed by atoms with Crippen molar-refractivity contribution in [3.63, 3.8) is 0 Å². The van der Waals surface area contributed by atoms with Crippen LogP contribution in [-0.4, -0.2) is 42.3 Å². The van der Waals surface area contributed by atoms with Crippen LogP contribution in [0.25, 0.3) is 17.1 Å². The molecule has 1 aromatic carbocycles. The first-order chi connectivity index (χ1) is 10.6. The van der Waals surface area contributed by atoms with Gasteiger partial charge in [0.2, 0.25) is 0 Å². The SMILES string of the molecule is Cn1nnc2ccc(C=C3C(=O)N4C(C(=O)O)=CS[C@H]34)cc21. The van der Waals surface area contributed by atoms with Gasteiger partial charge in [-0.2, -0.15) is 0 Å². The van der Waals surface area contributed by atoms with E-state index < -0.39 is 5.97 Å². The van der Waals surface area contributed by atoms with Crippen molar-refractivity contribution < 1.29 is 14.7 Å². The second kappa shape index (κ2) is 4.44. The molecule has 0 aliphatic carbocycles. The van der Waals surface area contributed by atoms with Gasteiger partial charge in [-0.25, -0.2) is 9.48 Å². The molecule has 0 saturated carbocycles. The Balaban J connectivity index is 1.68. The number of β-lactam (4-membered cyclic amide) rings is 1.